The SMILES string of the molecule is Cc1ccc(S(=O)(=O)CC2CC(C(=O)OC(C)C)(C(=O)OC(C)C)Cc3ccc(Cl)cc32)cc1. The Labute approximate surface area is 206 Å². The van der Waals surface area contributed by atoms with Gasteiger partial charge in [0.25, 0.3) is 0 Å². The highest BCUT2D eigenvalue weighted by molar-refractivity contribution is 7.91. The van der Waals surface area contributed by atoms with Gasteiger partial charge in [-0.1, -0.05) is 35.4 Å². The van der Waals surface area contributed by atoms with E-state index >= 15 is 0 Å². The largest absolute Gasteiger partial charge is 0.462 e. The standard InChI is InChI=1S/C26H31ClO6S/c1-16(2)32-24(28)26(25(29)33-17(3)4)13-19-8-9-21(27)12-23(19)20(14-26)15-34(30,31)22-10-6-18(5)7-11-22/h6-12,16-17,20H,13-15H2,1-5H3. The van der Waals surface area contributed by atoms with Gasteiger partial charge in [-0.25, -0.2) is 8.42 Å². The number of carbonyl (C=O) groups is 2. The highest BCUT2D eigenvalue weighted by Crippen LogP contribution is 2.46. The maximum atomic E-state index is 13.4. The van der Waals surface area contributed by atoms with Gasteiger partial charge in [-0.2, -0.15) is 0 Å². The van der Waals surface area contributed by atoms with E-state index in [1.165, 1.54) is 0 Å². The molecule has 2 aromatic rings. The molecule has 0 saturated carbocycles. The number of hydrogen-bond donors (Lipinski definition) is 0. The second kappa shape index (κ2) is 10.1. The lowest BCUT2D eigenvalue weighted by molar-refractivity contribution is -0.178. The predicted molar refractivity (Wildman–Crippen MR) is 131 cm³/mol. The number of carbonyl (C=O) groups excluding carboxylic acids is 2. The number of esters is 2. The van der Waals surface area contributed by atoms with Gasteiger partial charge in [-0.15, -0.1) is 0 Å². The molecule has 34 heavy (non-hydrogen) atoms. The van der Waals surface area contributed by atoms with Gasteiger partial charge in [-0.3, -0.25) is 9.59 Å². The number of aryl methyl sites for hydroxylation is 1. The quantitative estimate of drug-likeness (QED) is 0.386. The van der Waals surface area contributed by atoms with E-state index in [-0.39, 0.29) is 23.5 Å². The smallest absolute Gasteiger partial charge is 0.324 e. The van der Waals surface area contributed by atoms with Crippen molar-refractivity contribution in [2.45, 2.75) is 70.5 Å². The number of hydrogen-bond acceptors (Lipinski definition) is 6. The molecule has 0 aliphatic heterocycles. The second-order valence-corrected chi connectivity index (χ2v) is 12.0. The monoisotopic (exact) mass is 506 g/mol. The van der Waals surface area contributed by atoms with Gasteiger partial charge in [-0.05, 0) is 82.9 Å². The van der Waals surface area contributed by atoms with Gasteiger partial charge in [0.05, 0.1) is 22.9 Å². The van der Waals surface area contributed by atoms with Gasteiger partial charge in [0.15, 0.2) is 15.3 Å². The molecular weight excluding hydrogens is 476 g/mol. The minimum atomic E-state index is -3.73. The molecule has 0 aromatic heterocycles. The third-order valence-electron chi connectivity index (χ3n) is 5.90. The molecule has 0 bridgehead atoms. The van der Waals surface area contributed by atoms with Crippen LogP contribution in [0.1, 0.15) is 56.7 Å². The van der Waals surface area contributed by atoms with Crippen LogP contribution in [0.3, 0.4) is 0 Å². The van der Waals surface area contributed by atoms with Gasteiger partial charge >= 0.3 is 11.9 Å². The van der Waals surface area contributed by atoms with Crippen LogP contribution in [0.25, 0.3) is 0 Å². The Morgan fingerprint density at radius 1 is 1.00 bits per heavy atom. The fraction of sp³-hybridized carbons (Fsp3) is 0.462. The van der Waals surface area contributed by atoms with Crippen molar-refractivity contribution in [2.75, 3.05) is 5.75 Å². The summed E-state index contributed by atoms with van der Waals surface area (Å²) in [6.07, 6.45) is -0.893. The van der Waals surface area contributed by atoms with E-state index in [9.17, 15) is 18.0 Å². The van der Waals surface area contributed by atoms with Gasteiger partial charge in [0.1, 0.15) is 0 Å². The van der Waals surface area contributed by atoms with Crippen LogP contribution in [0, 0.1) is 12.3 Å². The number of benzene rings is 2. The Balaban J connectivity index is 2.10. The van der Waals surface area contributed by atoms with Crippen molar-refractivity contribution in [3.63, 3.8) is 0 Å². The summed E-state index contributed by atoms with van der Waals surface area (Å²) in [6, 6.07) is 11.7. The van der Waals surface area contributed by atoms with Crippen molar-refractivity contribution in [2.24, 2.45) is 5.41 Å². The Hall–Kier alpha value is -2.38. The average molecular weight is 507 g/mol. The zero-order chi connectivity index (χ0) is 25.3. The normalized spacial score (nSPS) is 17.4. The van der Waals surface area contributed by atoms with E-state index < -0.39 is 45.3 Å². The van der Waals surface area contributed by atoms with Crippen molar-refractivity contribution in [1.29, 1.82) is 0 Å². The lowest BCUT2D eigenvalue weighted by Crippen LogP contribution is -2.49. The predicted octanol–water partition coefficient (Wildman–Crippen LogP) is 5.04. The van der Waals surface area contributed by atoms with Gasteiger partial charge in [0.2, 0.25) is 0 Å². The first kappa shape index (κ1) is 26.2. The highest BCUT2D eigenvalue weighted by Gasteiger charge is 2.54. The summed E-state index contributed by atoms with van der Waals surface area (Å²) in [5.41, 5.74) is 0.693. The summed E-state index contributed by atoms with van der Waals surface area (Å²) in [5.74, 6) is -2.35. The second-order valence-electron chi connectivity index (χ2n) is 9.51. The van der Waals surface area contributed by atoms with E-state index in [4.69, 9.17) is 21.1 Å². The minimum absolute atomic E-state index is 0.0530. The molecule has 0 N–H and O–H groups in total. The maximum absolute atomic E-state index is 13.4. The summed E-state index contributed by atoms with van der Waals surface area (Å²) in [5, 5.41) is 0.457. The van der Waals surface area contributed by atoms with Crippen molar-refractivity contribution in [3.05, 3.63) is 64.2 Å². The summed E-state index contributed by atoms with van der Waals surface area (Å²) in [4.78, 5) is 26.9. The number of halogens is 1. The number of rotatable bonds is 7. The molecular formula is C26H31ClO6S. The number of fused-ring (bicyclic) bond motifs is 1. The molecule has 0 fully saturated rings. The van der Waals surface area contributed by atoms with Gasteiger partial charge < -0.3 is 9.47 Å². The van der Waals surface area contributed by atoms with E-state index in [0.717, 1.165) is 5.56 Å². The molecule has 1 atom stereocenters. The summed E-state index contributed by atoms with van der Waals surface area (Å²) in [6.45, 7) is 8.69. The molecule has 184 valence electrons. The Morgan fingerprint density at radius 2 is 1.56 bits per heavy atom. The van der Waals surface area contributed by atoms with Crippen molar-refractivity contribution >= 4 is 33.4 Å². The molecule has 1 aliphatic carbocycles. The molecule has 0 radical (unpaired) electrons. The van der Waals surface area contributed by atoms with Crippen LogP contribution in [-0.4, -0.2) is 38.3 Å². The van der Waals surface area contributed by atoms with E-state index in [2.05, 4.69) is 0 Å². The summed E-state index contributed by atoms with van der Waals surface area (Å²) in [7, 11) is -3.73. The van der Waals surface area contributed by atoms with Crippen molar-refractivity contribution in [3.8, 4) is 0 Å². The maximum Gasteiger partial charge on any atom is 0.324 e. The van der Waals surface area contributed by atoms with E-state index in [0.29, 0.717) is 16.1 Å². The van der Waals surface area contributed by atoms with E-state index in [1.54, 1.807) is 70.2 Å². The lowest BCUT2D eigenvalue weighted by Gasteiger charge is -2.39. The van der Waals surface area contributed by atoms with Crippen LogP contribution < -0.4 is 0 Å². The first-order valence-corrected chi connectivity index (χ1v) is 13.4. The first-order valence-electron chi connectivity index (χ1n) is 11.3. The molecule has 3 rings (SSSR count). The number of sulfone groups is 1. The Morgan fingerprint density at radius 3 is 2.09 bits per heavy atom. The molecule has 2 aromatic carbocycles. The average Bonchev–Trinajstić information content (AvgIpc) is 2.73. The minimum Gasteiger partial charge on any atom is -0.462 e. The molecule has 0 spiro atoms. The summed E-state index contributed by atoms with van der Waals surface area (Å²) >= 11 is 6.25. The molecule has 0 heterocycles. The third kappa shape index (κ3) is 5.63. The molecule has 1 unspecified atom stereocenters. The zero-order valence-electron chi connectivity index (χ0n) is 20.1. The van der Waals surface area contributed by atoms with Crippen molar-refractivity contribution in [1.82, 2.24) is 0 Å². The van der Waals surface area contributed by atoms with E-state index in [1.807, 2.05) is 6.92 Å². The van der Waals surface area contributed by atoms with Crippen LogP contribution in [0.2, 0.25) is 5.02 Å². The molecule has 1 aliphatic rings. The highest BCUT2D eigenvalue weighted by atomic mass is 35.5. The van der Waals surface area contributed by atoms with Crippen LogP contribution in [0.15, 0.2) is 47.4 Å². The Bertz CT molecular complexity index is 1150. The zero-order valence-corrected chi connectivity index (χ0v) is 21.7. The molecule has 6 nitrogen and oxygen atoms in total. The molecule has 0 saturated heterocycles. The molecule has 8 heteroatoms. The van der Waals surface area contributed by atoms with Crippen LogP contribution in [-0.2, 0) is 35.3 Å². The topological polar surface area (TPSA) is 86.7 Å². The van der Waals surface area contributed by atoms with Crippen LogP contribution in [0.5, 0.6) is 0 Å². The lowest BCUT2D eigenvalue weighted by atomic mass is 9.67. The first-order chi connectivity index (χ1) is 15.8. The van der Waals surface area contributed by atoms with Crippen LogP contribution in [0.4, 0.5) is 0 Å². The number of ether oxygens (including phenoxy) is 2. The Kier molecular flexibility index (Phi) is 7.78. The van der Waals surface area contributed by atoms with Gasteiger partial charge in [0, 0.05) is 10.9 Å². The fourth-order valence-electron chi connectivity index (χ4n) is 4.34. The van der Waals surface area contributed by atoms with Crippen molar-refractivity contribution < 1.29 is 27.5 Å². The fourth-order valence-corrected chi connectivity index (χ4v) is 6.09. The molecule has 0 amide bonds. The summed E-state index contributed by atoms with van der Waals surface area (Å²) < 4.78 is 37.7. The third-order valence-corrected chi connectivity index (χ3v) is 7.97. The van der Waals surface area contributed by atoms with Crippen LogP contribution >= 0.6 is 11.6 Å².